The van der Waals surface area contributed by atoms with Gasteiger partial charge in [-0.1, -0.05) is 11.3 Å². The molecule has 0 atom stereocenters. The van der Waals surface area contributed by atoms with Crippen LogP contribution >= 0.6 is 11.3 Å². The van der Waals surface area contributed by atoms with Crippen molar-refractivity contribution in [1.82, 2.24) is 4.98 Å². The van der Waals surface area contributed by atoms with Crippen LogP contribution < -0.4 is 24.0 Å². The molecule has 0 aliphatic heterocycles. The molecular formula is C6F6Li2N2OS. The molecule has 1 aromatic heterocycles. The molecule has 18 heavy (non-hydrogen) atoms. The summed E-state index contributed by atoms with van der Waals surface area (Å²) >= 11 is 0.0772. The molecule has 1 heterocycles. The van der Waals surface area contributed by atoms with Crippen LogP contribution in [0.5, 0.6) is 0 Å². The summed E-state index contributed by atoms with van der Waals surface area (Å²) in [6.07, 6.45) is -10.1. The average molecular weight is 276 g/mol. The number of hydrogen-bond donors (Lipinski definition) is 0. The van der Waals surface area contributed by atoms with Crippen LogP contribution in [0.15, 0.2) is 4.99 Å². The van der Waals surface area contributed by atoms with E-state index in [0.29, 0.717) is 0 Å². The Hall–Kier alpha value is -0.125. The van der Waals surface area contributed by atoms with Crippen LogP contribution in [-0.2, 0) is 6.18 Å². The normalized spacial score (nSPS) is 12.7. The average Bonchev–Trinajstić information content (AvgIpc) is 2.49. The molecule has 0 spiro atoms. The van der Waals surface area contributed by atoms with Gasteiger partial charge in [-0.15, -0.1) is 0 Å². The van der Waals surface area contributed by atoms with Gasteiger partial charge in [0, 0.05) is 18.9 Å². The van der Waals surface area contributed by atoms with Crippen molar-refractivity contribution in [2.75, 3.05) is 0 Å². The molecule has 0 amide bonds. The Morgan fingerprint density at radius 1 is 1.22 bits per heavy atom. The largest absolute Gasteiger partial charge is 1.00 e. The molecular weight excluding hydrogens is 276 g/mol. The van der Waals surface area contributed by atoms with Gasteiger partial charge in [-0.05, 0) is 0 Å². The van der Waals surface area contributed by atoms with E-state index in [1.54, 1.807) is 5.38 Å². The first-order valence-corrected chi connectivity index (χ1v) is 4.21. The van der Waals surface area contributed by atoms with Crippen LogP contribution in [0.4, 0.5) is 31.5 Å². The third kappa shape index (κ3) is 5.68. The van der Waals surface area contributed by atoms with E-state index in [-0.39, 0.29) is 49.1 Å². The fourth-order valence-electron chi connectivity index (χ4n) is 0.555. The molecule has 0 fully saturated rings. The van der Waals surface area contributed by atoms with Crippen molar-refractivity contribution in [3.63, 3.8) is 0 Å². The molecule has 0 N–H and O–H groups in total. The van der Waals surface area contributed by atoms with E-state index in [0.717, 1.165) is 0 Å². The Kier molecular flexibility index (Phi) is 7.71. The molecule has 90 valence electrons. The van der Waals surface area contributed by atoms with Gasteiger partial charge in [0.1, 0.15) is 0 Å². The molecule has 0 bridgehead atoms. The van der Waals surface area contributed by atoms with Crippen molar-refractivity contribution in [3.8, 4) is 0 Å². The van der Waals surface area contributed by atoms with Crippen LogP contribution in [-0.4, -0.2) is 35.9 Å². The van der Waals surface area contributed by atoms with Gasteiger partial charge in [0.25, 0.3) is 0 Å². The number of thiazole rings is 1. The number of nitrogens with zero attached hydrogens (tertiary/aromatic N) is 2. The summed E-state index contributed by atoms with van der Waals surface area (Å²) < 4.78 is 70.8. The third-order valence-electron chi connectivity index (χ3n) is 1.15. The minimum atomic E-state index is -5.23. The van der Waals surface area contributed by atoms with E-state index in [1.165, 1.54) is 0 Å². The number of hydrogen-bond acceptors (Lipinski definition) is 4. The van der Waals surface area contributed by atoms with E-state index < -0.39 is 29.1 Å². The van der Waals surface area contributed by atoms with Crippen molar-refractivity contribution in [1.29, 1.82) is 0 Å². The number of aliphatic imine (C=N–C) groups is 1. The van der Waals surface area contributed by atoms with Crippen LogP contribution in [0, 0.1) is 5.38 Å². The number of aromatic nitrogens is 1. The summed E-state index contributed by atoms with van der Waals surface area (Å²) in [5, 5.41) is 10.9. The molecule has 0 unspecified atom stereocenters. The molecule has 0 aliphatic rings. The van der Waals surface area contributed by atoms with Crippen LogP contribution in [0.2, 0.25) is 0 Å². The van der Waals surface area contributed by atoms with Gasteiger partial charge in [-0.25, -0.2) is 9.98 Å². The fourth-order valence-corrected chi connectivity index (χ4v) is 1.17. The minimum absolute atomic E-state index is 0. The molecule has 0 aliphatic carbocycles. The van der Waals surface area contributed by atoms with E-state index in [4.69, 9.17) is 0 Å². The van der Waals surface area contributed by atoms with Gasteiger partial charge < -0.3 is 5.11 Å². The molecule has 0 saturated heterocycles. The van der Waals surface area contributed by atoms with Gasteiger partial charge >= 0.3 is 31.2 Å². The van der Waals surface area contributed by atoms with Gasteiger partial charge in [0.05, 0.1) is 11.3 Å². The second kappa shape index (κ2) is 6.87. The summed E-state index contributed by atoms with van der Waals surface area (Å²) in [4.78, 5) is 5.06. The van der Waals surface area contributed by atoms with Gasteiger partial charge in [-0.3, -0.25) is 0 Å². The maximum Gasteiger partial charge on any atom is 1.00 e. The van der Waals surface area contributed by atoms with E-state index in [1.807, 2.05) is 0 Å². The maximum atomic E-state index is 11.9. The predicted molar refractivity (Wildman–Crippen MR) is 44.9 cm³/mol. The summed E-state index contributed by atoms with van der Waals surface area (Å²) in [6.45, 7) is 0. The molecule has 2 radical (unpaired) electrons. The van der Waals surface area contributed by atoms with Crippen molar-refractivity contribution >= 4 is 41.2 Å². The molecule has 12 heteroatoms. The molecule has 1 aromatic rings. The Balaban J connectivity index is 0. The predicted octanol–water partition coefficient (Wildman–Crippen LogP) is -1.46. The van der Waals surface area contributed by atoms with Crippen molar-refractivity contribution in [3.05, 3.63) is 11.1 Å². The minimum Gasteiger partial charge on any atom is -0.855 e. The Labute approximate surface area is 125 Å². The van der Waals surface area contributed by atoms with Crippen molar-refractivity contribution in [2.24, 2.45) is 4.99 Å². The number of rotatable bonds is 1. The Morgan fingerprint density at radius 2 is 1.72 bits per heavy atom. The van der Waals surface area contributed by atoms with Gasteiger partial charge in [-0.2, -0.15) is 26.3 Å². The fraction of sp³-hybridized carbons (Fsp3) is 0.333. The topological polar surface area (TPSA) is 48.3 Å². The first-order valence-electron chi connectivity index (χ1n) is 3.39. The first kappa shape index (κ1) is 20.2. The SMILES string of the molecule is [Li+].[Li].[O-]C(=Nc1nc(C(F)(F)F)[c]s1)C(F)(F)F. The Bertz CT molecular complexity index is 415. The second-order valence-electron chi connectivity index (χ2n) is 2.36. The first-order chi connectivity index (χ1) is 7.10. The van der Waals surface area contributed by atoms with Gasteiger partial charge in [0.15, 0.2) is 5.69 Å². The van der Waals surface area contributed by atoms with Crippen molar-refractivity contribution in [2.45, 2.75) is 12.4 Å². The Morgan fingerprint density at radius 3 is 2.06 bits per heavy atom. The summed E-state index contributed by atoms with van der Waals surface area (Å²) in [5.41, 5.74) is -1.51. The number of alkyl halides is 6. The summed E-state index contributed by atoms with van der Waals surface area (Å²) in [7, 11) is 0. The smallest absolute Gasteiger partial charge is 0.855 e. The zero-order valence-corrected chi connectivity index (χ0v) is 9.80. The van der Waals surface area contributed by atoms with Crippen molar-refractivity contribution < 1.29 is 50.3 Å². The molecule has 1 rings (SSSR count). The quantitative estimate of drug-likeness (QED) is 0.272. The maximum absolute atomic E-state index is 11.9. The monoisotopic (exact) mass is 276 g/mol. The molecule has 0 aromatic carbocycles. The van der Waals surface area contributed by atoms with Crippen LogP contribution in [0.3, 0.4) is 0 Å². The van der Waals surface area contributed by atoms with E-state index in [9.17, 15) is 31.4 Å². The zero-order valence-electron chi connectivity index (χ0n) is 8.98. The second-order valence-corrected chi connectivity index (χ2v) is 3.13. The van der Waals surface area contributed by atoms with E-state index >= 15 is 0 Å². The third-order valence-corrected chi connectivity index (χ3v) is 1.82. The molecule has 0 saturated carbocycles. The summed E-state index contributed by atoms with van der Waals surface area (Å²) in [5.74, 6) is -2.51. The number of halogens is 6. The van der Waals surface area contributed by atoms with Crippen LogP contribution in [0.1, 0.15) is 5.69 Å². The molecule has 3 nitrogen and oxygen atoms in total. The summed E-state index contributed by atoms with van der Waals surface area (Å²) in [6, 6.07) is 0. The standard InChI is InChI=1S/C6HF6N2OS.2Li/c7-5(8,9)2-1-16-4(13-2)14-3(15)6(10,11)12;;/h(H,13,14,15);;/q;;+1/p-1. The van der Waals surface area contributed by atoms with E-state index in [2.05, 4.69) is 9.98 Å². The van der Waals surface area contributed by atoms with Gasteiger partial charge in [0.2, 0.25) is 5.13 Å². The zero-order chi connectivity index (χ0) is 12.6. The van der Waals surface area contributed by atoms with Crippen LogP contribution in [0.25, 0.3) is 0 Å².